The van der Waals surface area contributed by atoms with Gasteiger partial charge in [0.15, 0.2) is 0 Å². The fraction of sp³-hybridized carbons (Fsp3) is 0.625. The normalized spacial score (nSPS) is 22.4. The van der Waals surface area contributed by atoms with Crippen LogP contribution in [-0.2, 0) is 11.3 Å². The zero-order valence-electron chi connectivity index (χ0n) is 25.5. The third-order valence-corrected chi connectivity index (χ3v) is 8.85. The molecule has 226 valence electrons. The first kappa shape index (κ1) is 28.9. The number of nitrogens with zero attached hydrogens (tertiary/aromatic N) is 5. The number of ether oxygens (including phenoxy) is 1. The Kier molecular flexibility index (Phi) is 8.11. The largest absolute Gasteiger partial charge is 0.444 e. The van der Waals surface area contributed by atoms with Gasteiger partial charge in [-0.05, 0) is 89.3 Å². The second-order valence-corrected chi connectivity index (χ2v) is 13.5. The number of alkyl carbamates (subject to hydrolysis) is 1. The van der Waals surface area contributed by atoms with Crippen LogP contribution in [0.5, 0.6) is 0 Å². The van der Waals surface area contributed by atoms with Crippen LogP contribution >= 0.6 is 0 Å². The van der Waals surface area contributed by atoms with E-state index in [9.17, 15) is 9.59 Å². The van der Waals surface area contributed by atoms with Gasteiger partial charge in [0, 0.05) is 68.3 Å². The molecule has 1 amide bonds. The highest BCUT2D eigenvalue weighted by Gasteiger charge is 2.29. The maximum Gasteiger partial charge on any atom is 0.407 e. The Morgan fingerprint density at radius 1 is 1.00 bits per heavy atom. The van der Waals surface area contributed by atoms with E-state index in [1.807, 2.05) is 31.5 Å². The summed E-state index contributed by atoms with van der Waals surface area (Å²) in [6, 6.07) is 6.34. The molecule has 1 aliphatic heterocycles. The van der Waals surface area contributed by atoms with E-state index in [1.165, 1.54) is 12.8 Å². The summed E-state index contributed by atoms with van der Waals surface area (Å²) in [5.74, 6) is 1.27. The summed E-state index contributed by atoms with van der Waals surface area (Å²) in [4.78, 5) is 41.1. The van der Waals surface area contributed by atoms with Crippen LogP contribution in [0.4, 0.5) is 10.7 Å². The van der Waals surface area contributed by atoms with E-state index in [2.05, 4.69) is 50.7 Å². The standard InChI is InChI=1S/C32H45N7O3/c1-32(2,3)42-31(41)35-23-8-10-24(11-9-23)39-28-27(19-34-30(36-28)33-18-21-5-6-21)25-12-7-22(17-26(25)29(39)40)20-38-15-13-37(4)14-16-38/h7,12,17,19,21,23-24H,5-6,8-11,13-16,18,20H2,1-4H3,(H,35,41)(H,33,34,36)/t23-,24-. The van der Waals surface area contributed by atoms with E-state index >= 15 is 0 Å². The molecule has 2 aromatic heterocycles. The number of pyridine rings is 1. The van der Waals surface area contributed by atoms with Crippen LogP contribution in [0.3, 0.4) is 0 Å². The van der Waals surface area contributed by atoms with E-state index in [1.54, 1.807) is 0 Å². The van der Waals surface area contributed by atoms with Crippen LogP contribution in [0.25, 0.3) is 21.8 Å². The van der Waals surface area contributed by atoms with Crippen LogP contribution in [0.2, 0.25) is 0 Å². The number of hydrogen-bond donors (Lipinski definition) is 2. The van der Waals surface area contributed by atoms with Gasteiger partial charge in [-0.3, -0.25) is 14.3 Å². The quantitative estimate of drug-likeness (QED) is 0.396. The molecule has 6 rings (SSSR count). The lowest BCUT2D eigenvalue weighted by molar-refractivity contribution is 0.0488. The van der Waals surface area contributed by atoms with E-state index in [-0.39, 0.29) is 23.7 Å². The summed E-state index contributed by atoms with van der Waals surface area (Å²) in [6.45, 7) is 11.5. The number of carbonyl (C=O) groups is 1. The van der Waals surface area contributed by atoms with Crippen LogP contribution in [0, 0.1) is 5.92 Å². The van der Waals surface area contributed by atoms with Crippen LogP contribution < -0.4 is 16.2 Å². The number of fused-ring (bicyclic) bond motifs is 3. The maximum absolute atomic E-state index is 14.3. The smallest absolute Gasteiger partial charge is 0.407 e. The number of carbonyl (C=O) groups excluding carboxylic acids is 1. The van der Waals surface area contributed by atoms with Gasteiger partial charge in [-0.15, -0.1) is 0 Å². The number of nitrogens with one attached hydrogen (secondary N) is 2. The molecule has 0 bridgehead atoms. The van der Waals surface area contributed by atoms with Crippen molar-refractivity contribution in [3.05, 3.63) is 40.3 Å². The van der Waals surface area contributed by atoms with Crippen molar-refractivity contribution in [2.24, 2.45) is 5.92 Å². The highest BCUT2D eigenvalue weighted by Crippen LogP contribution is 2.33. The van der Waals surface area contributed by atoms with Crippen molar-refractivity contribution < 1.29 is 9.53 Å². The van der Waals surface area contributed by atoms with E-state index < -0.39 is 5.60 Å². The Morgan fingerprint density at radius 3 is 2.43 bits per heavy atom. The van der Waals surface area contributed by atoms with Gasteiger partial charge in [0.2, 0.25) is 5.95 Å². The molecule has 3 fully saturated rings. The highest BCUT2D eigenvalue weighted by molar-refractivity contribution is 6.04. The van der Waals surface area contributed by atoms with Crippen molar-refractivity contribution in [1.82, 2.24) is 29.7 Å². The first-order valence-electron chi connectivity index (χ1n) is 15.6. The lowest BCUT2D eigenvalue weighted by atomic mass is 9.90. The number of hydrogen-bond acceptors (Lipinski definition) is 8. The van der Waals surface area contributed by atoms with Crippen LogP contribution in [0.15, 0.2) is 29.2 Å². The molecule has 3 aliphatic rings. The van der Waals surface area contributed by atoms with Gasteiger partial charge in [-0.25, -0.2) is 9.78 Å². The molecule has 3 aromatic rings. The minimum atomic E-state index is -0.535. The molecule has 0 radical (unpaired) electrons. The number of benzene rings is 1. The first-order valence-corrected chi connectivity index (χ1v) is 15.6. The molecule has 0 spiro atoms. The monoisotopic (exact) mass is 575 g/mol. The summed E-state index contributed by atoms with van der Waals surface area (Å²) < 4.78 is 7.39. The predicted octanol–water partition coefficient (Wildman–Crippen LogP) is 4.52. The molecule has 2 saturated carbocycles. The average molecular weight is 576 g/mol. The van der Waals surface area contributed by atoms with Crippen molar-refractivity contribution >= 4 is 33.8 Å². The maximum atomic E-state index is 14.3. The molecule has 1 aromatic carbocycles. The molecule has 1 saturated heterocycles. The predicted molar refractivity (Wildman–Crippen MR) is 166 cm³/mol. The summed E-state index contributed by atoms with van der Waals surface area (Å²) >= 11 is 0. The zero-order valence-corrected chi connectivity index (χ0v) is 25.5. The fourth-order valence-electron chi connectivity index (χ4n) is 6.27. The number of likely N-dealkylation sites (N-methyl/N-ethyl adjacent to an activating group) is 1. The summed E-state index contributed by atoms with van der Waals surface area (Å²) in [5.41, 5.74) is 1.32. The minimum Gasteiger partial charge on any atom is -0.444 e. The van der Waals surface area contributed by atoms with E-state index in [4.69, 9.17) is 9.72 Å². The third-order valence-electron chi connectivity index (χ3n) is 8.85. The molecular formula is C32H45N7O3. The summed E-state index contributed by atoms with van der Waals surface area (Å²) in [6.07, 6.45) is 7.08. The summed E-state index contributed by atoms with van der Waals surface area (Å²) in [7, 11) is 2.16. The van der Waals surface area contributed by atoms with Crippen molar-refractivity contribution in [2.75, 3.05) is 45.1 Å². The van der Waals surface area contributed by atoms with Crippen molar-refractivity contribution in [3.8, 4) is 0 Å². The number of aromatic nitrogens is 3. The van der Waals surface area contributed by atoms with E-state index in [0.717, 1.165) is 86.7 Å². The van der Waals surface area contributed by atoms with E-state index in [0.29, 0.717) is 17.5 Å². The third kappa shape index (κ3) is 6.70. The number of piperazine rings is 1. The van der Waals surface area contributed by atoms with Gasteiger partial charge in [0.1, 0.15) is 11.2 Å². The fourth-order valence-corrected chi connectivity index (χ4v) is 6.27. The molecule has 0 atom stereocenters. The molecule has 3 heterocycles. The van der Waals surface area contributed by atoms with Gasteiger partial charge >= 0.3 is 6.09 Å². The number of anilines is 1. The van der Waals surface area contributed by atoms with Gasteiger partial charge in [0.25, 0.3) is 5.56 Å². The molecule has 10 heteroatoms. The highest BCUT2D eigenvalue weighted by atomic mass is 16.6. The average Bonchev–Trinajstić information content (AvgIpc) is 3.78. The summed E-state index contributed by atoms with van der Waals surface area (Å²) in [5, 5.41) is 8.96. The zero-order chi connectivity index (χ0) is 29.4. The Morgan fingerprint density at radius 2 is 1.74 bits per heavy atom. The second-order valence-electron chi connectivity index (χ2n) is 13.5. The van der Waals surface area contributed by atoms with Crippen molar-refractivity contribution in [1.29, 1.82) is 0 Å². The Hall–Kier alpha value is -3.24. The van der Waals surface area contributed by atoms with Gasteiger partial charge in [0.05, 0.1) is 0 Å². The van der Waals surface area contributed by atoms with Crippen LogP contribution in [-0.4, -0.2) is 81.8 Å². The molecule has 0 unspecified atom stereocenters. The Balaban J connectivity index is 1.30. The Labute approximate surface area is 247 Å². The molecule has 2 aliphatic carbocycles. The number of rotatable bonds is 7. The topological polar surface area (TPSA) is 105 Å². The lowest BCUT2D eigenvalue weighted by Gasteiger charge is -2.32. The Bertz CT molecular complexity index is 1490. The number of amides is 1. The lowest BCUT2D eigenvalue weighted by Crippen LogP contribution is -2.43. The van der Waals surface area contributed by atoms with Gasteiger partial charge < -0.3 is 20.3 Å². The SMILES string of the molecule is CN1CCN(Cc2ccc3c(c2)c(=O)n([C@H]2CC[C@H](NC(=O)OC(C)(C)C)CC2)c2nc(NCC4CC4)ncc32)CC1. The minimum absolute atomic E-state index is 0.00597. The van der Waals surface area contributed by atoms with Crippen molar-refractivity contribution in [3.63, 3.8) is 0 Å². The molecule has 10 nitrogen and oxygen atoms in total. The molecule has 42 heavy (non-hydrogen) atoms. The molecule has 2 N–H and O–H groups in total. The molecular weight excluding hydrogens is 530 g/mol. The second kappa shape index (κ2) is 11.8. The van der Waals surface area contributed by atoms with Gasteiger partial charge in [-0.2, -0.15) is 4.98 Å². The van der Waals surface area contributed by atoms with Gasteiger partial charge in [-0.1, -0.05) is 12.1 Å². The van der Waals surface area contributed by atoms with Crippen LogP contribution in [0.1, 0.15) is 70.9 Å². The van der Waals surface area contributed by atoms with Crippen molar-refractivity contribution in [2.45, 2.75) is 83.5 Å². The first-order chi connectivity index (χ1) is 20.1.